The van der Waals surface area contributed by atoms with Crippen LogP contribution in [0.15, 0.2) is 41.8 Å². The van der Waals surface area contributed by atoms with Crippen molar-refractivity contribution in [3.8, 4) is 0 Å². The number of halogens is 1. The van der Waals surface area contributed by atoms with E-state index in [1.807, 2.05) is 6.92 Å². The van der Waals surface area contributed by atoms with Crippen molar-refractivity contribution >= 4 is 31.9 Å². The summed E-state index contributed by atoms with van der Waals surface area (Å²) >= 11 is 3.26. The first-order valence-corrected chi connectivity index (χ1v) is 9.40. The number of rotatable bonds is 8. The molecule has 7 heteroatoms. The number of aryl methyl sites for hydroxylation is 1. The molecule has 0 aliphatic carbocycles. The molecule has 122 valence electrons. The van der Waals surface area contributed by atoms with E-state index in [1.54, 1.807) is 19.1 Å². The Morgan fingerprint density at radius 3 is 2.45 bits per heavy atom. The highest BCUT2D eigenvalue weighted by Crippen LogP contribution is 2.16. The second-order valence-corrected chi connectivity index (χ2v) is 7.08. The number of ether oxygens (including phenoxy) is 1. The number of carbonyl (C=O) groups excluding carboxylic acids is 1. The summed E-state index contributed by atoms with van der Waals surface area (Å²) in [6.45, 7) is 7.34. The summed E-state index contributed by atoms with van der Waals surface area (Å²) in [5.41, 5.74) is 0.949. The first-order chi connectivity index (χ1) is 10.4. The summed E-state index contributed by atoms with van der Waals surface area (Å²) in [7, 11) is -3.82. The van der Waals surface area contributed by atoms with Gasteiger partial charge in [0.2, 0.25) is 10.0 Å². The van der Waals surface area contributed by atoms with Gasteiger partial charge in [-0.1, -0.05) is 39.7 Å². The van der Waals surface area contributed by atoms with Crippen molar-refractivity contribution in [3.05, 3.63) is 42.5 Å². The van der Waals surface area contributed by atoms with E-state index in [9.17, 15) is 13.2 Å². The van der Waals surface area contributed by atoms with Crippen molar-refractivity contribution in [2.45, 2.75) is 24.8 Å². The molecule has 5 nitrogen and oxygen atoms in total. The minimum atomic E-state index is -3.82. The average molecular weight is 390 g/mol. The molecule has 0 saturated heterocycles. The Kier molecular flexibility index (Phi) is 7.25. The predicted molar refractivity (Wildman–Crippen MR) is 89.4 cm³/mol. The highest BCUT2D eigenvalue weighted by molar-refractivity contribution is 9.09. The summed E-state index contributed by atoms with van der Waals surface area (Å²) in [6, 6.07) is 5.36. The number of carbonyl (C=O) groups is 1. The Labute approximate surface area is 139 Å². The van der Waals surface area contributed by atoms with E-state index in [-0.39, 0.29) is 11.5 Å². The molecule has 0 amide bonds. The first kappa shape index (κ1) is 18.9. The Morgan fingerprint density at radius 2 is 2.00 bits per heavy atom. The molecular formula is C15H20BrNO4S. The minimum absolute atomic E-state index is 0.102. The maximum atomic E-state index is 12.4. The van der Waals surface area contributed by atoms with Gasteiger partial charge in [0.25, 0.3) is 0 Å². The SMILES string of the molecule is C=CC(CBr)C(NS(=O)(=O)c1ccc(C)cc1)C(=O)OCC. The average Bonchev–Trinajstić information content (AvgIpc) is 2.48. The number of hydrogen-bond acceptors (Lipinski definition) is 4. The zero-order valence-corrected chi connectivity index (χ0v) is 15.0. The van der Waals surface area contributed by atoms with Gasteiger partial charge in [0, 0.05) is 11.2 Å². The monoisotopic (exact) mass is 389 g/mol. The van der Waals surface area contributed by atoms with Gasteiger partial charge < -0.3 is 4.74 Å². The van der Waals surface area contributed by atoms with Crippen LogP contribution < -0.4 is 4.72 Å². The molecule has 0 aromatic heterocycles. The third kappa shape index (κ3) is 4.93. The number of sulfonamides is 1. The molecule has 0 aliphatic heterocycles. The fraction of sp³-hybridized carbons (Fsp3) is 0.400. The van der Waals surface area contributed by atoms with Crippen LogP contribution in [0.3, 0.4) is 0 Å². The fourth-order valence-corrected chi connectivity index (χ4v) is 3.66. The predicted octanol–water partition coefficient (Wildman–Crippen LogP) is 2.40. The van der Waals surface area contributed by atoms with Gasteiger partial charge in [-0.05, 0) is 26.0 Å². The van der Waals surface area contributed by atoms with Crippen LogP contribution in [0.2, 0.25) is 0 Å². The summed E-state index contributed by atoms with van der Waals surface area (Å²) in [4.78, 5) is 12.1. The van der Waals surface area contributed by atoms with Crippen LogP contribution in [-0.4, -0.2) is 32.4 Å². The molecule has 1 aromatic rings. The Hall–Kier alpha value is -1.18. The van der Waals surface area contributed by atoms with E-state index in [4.69, 9.17) is 4.74 Å². The van der Waals surface area contributed by atoms with Crippen molar-refractivity contribution in [1.82, 2.24) is 4.72 Å². The Bertz CT molecular complexity index is 613. The zero-order chi connectivity index (χ0) is 16.8. The van der Waals surface area contributed by atoms with Crippen molar-refractivity contribution in [1.29, 1.82) is 0 Å². The summed E-state index contributed by atoms with van der Waals surface area (Å²) in [5, 5.41) is 0.385. The smallest absolute Gasteiger partial charge is 0.324 e. The number of esters is 1. The molecule has 2 atom stereocenters. The highest BCUT2D eigenvalue weighted by Gasteiger charge is 2.31. The van der Waals surface area contributed by atoms with Gasteiger partial charge >= 0.3 is 5.97 Å². The summed E-state index contributed by atoms with van der Waals surface area (Å²) < 4.78 is 32.2. The standard InChI is InChI=1S/C15H20BrNO4S/c1-4-12(10-16)14(15(18)21-5-2)17-22(19,20)13-8-6-11(3)7-9-13/h4,6-9,12,14,17H,1,5,10H2,2-3H3. The van der Waals surface area contributed by atoms with Crippen molar-refractivity contribution in [2.24, 2.45) is 5.92 Å². The molecule has 0 bridgehead atoms. The van der Waals surface area contributed by atoms with Crippen molar-refractivity contribution in [3.63, 3.8) is 0 Å². The van der Waals surface area contributed by atoms with Gasteiger partial charge in [0.05, 0.1) is 11.5 Å². The van der Waals surface area contributed by atoms with Crippen molar-refractivity contribution < 1.29 is 17.9 Å². The lowest BCUT2D eigenvalue weighted by Crippen LogP contribution is -2.46. The fourth-order valence-electron chi connectivity index (χ4n) is 1.78. The second kappa shape index (κ2) is 8.45. The molecule has 1 N–H and O–H groups in total. The van der Waals surface area contributed by atoms with E-state index < -0.39 is 28.0 Å². The van der Waals surface area contributed by atoms with Gasteiger partial charge in [-0.3, -0.25) is 4.79 Å². The van der Waals surface area contributed by atoms with Gasteiger partial charge in [-0.2, -0.15) is 4.72 Å². The topological polar surface area (TPSA) is 72.5 Å². The molecule has 0 heterocycles. The molecule has 0 spiro atoms. The van der Waals surface area contributed by atoms with E-state index in [0.29, 0.717) is 5.33 Å². The van der Waals surface area contributed by atoms with Crippen LogP contribution in [0.25, 0.3) is 0 Å². The van der Waals surface area contributed by atoms with Crippen molar-refractivity contribution in [2.75, 3.05) is 11.9 Å². The van der Waals surface area contributed by atoms with E-state index in [2.05, 4.69) is 27.2 Å². The lowest BCUT2D eigenvalue weighted by atomic mass is 10.0. The lowest BCUT2D eigenvalue weighted by Gasteiger charge is -2.22. The first-order valence-electron chi connectivity index (χ1n) is 6.79. The van der Waals surface area contributed by atoms with Gasteiger partial charge in [-0.25, -0.2) is 8.42 Å². The maximum Gasteiger partial charge on any atom is 0.324 e. The Balaban J connectivity index is 3.08. The lowest BCUT2D eigenvalue weighted by molar-refractivity contribution is -0.145. The van der Waals surface area contributed by atoms with Crippen LogP contribution in [0.1, 0.15) is 12.5 Å². The molecule has 0 saturated carbocycles. The molecule has 22 heavy (non-hydrogen) atoms. The second-order valence-electron chi connectivity index (χ2n) is 4.72. The third-order valence-electron chi connectivity index (χ3n) is 3.06. The number of nitrogens with one attached hydrogen (secondary N) is 1. The molecule has 0 fully saturated rings. The number of alkyl halides is 1. The van der Waals surface area contributed by atoms with Gasteiger partial charge in [-0.15, -0.1) is 6.58 Å². The highest BCUT2D eigenvalue weighted by atomic mass is 79.9. The van der Waals surface area contributed by atoms with Crippen LogP contribution in [0, 0.1) is 12.8 Å². The Morgan fingerprint density at radius 1 is 1.41 bits per heavy atom. The molecular weight excluding hydrogens is 370 g/mol. The van der Waals surface area contributed by atoms with Crippen LogP contribution >= 0.6 is 15.9 Å². The summed E-state index contributed by atoms with van der Waals surface area (Å²) in [5.74, 6) is -1.04. The molecule has 0 radical (unpaired) electrons. The minimum Gasteiger partial charge on any atom is -0.465 e. The molecule has 1 aromatic carbocycles. The molecule has 0 aliphatic rings. The van der Waals surface area contributed by atoms with E-state index >= 15 is 0 Å². The van der Waals surface area contributed by atoms with Crippen LogP contribution in [-0.2, 0) is 19.6 Å². The zero-order valence-electron chi connectivity index (χ0n) is 12.6. The van der Waals surface area contributed by atoms with Gasteiger partial charge in [0.15, 0.2) is 0 Å². The van der Waals surface area contributed by atoms with E-state index in [0.717, 1.165) is 5.56 Å². The van der Waals surface area contributed by atoms with Crippen LogP contribution in [0.5, 0.6) is 0 Å². The molecule has 1 rings (SSSR count). The van der Waals surface area contributed by atoms with Gasteiger partial charge in [0.1, 0.15) is 6.04 Å². The van der Waals surface area contributed by atoms with E-state index in [1.165, 1.54) is 18.2 Å². The number of benzene rings is 1. The quantitative estimate of drug-likeness (QED) is 0.420. The van der Waals surface area contributed by atoms with Crippen LogP contribution in [0.4, 0.5) is 0 Å². The molecule has 2 unspecified atom stereocenters. The maximum absolute atomic E-state index is 12.4. The number of hydrogen-bond donors (Lipinski definition) is 1. The largest absolute Gasteiger partial charge is 0.465 e. The normalized spacial score (nSPS) is 14.1. The summed E-state index contributed by atoms with van der Waals surface area (Å²) in [6.07, 6.45) is 1.52. The third-order valence-corrected chi connectivity index (χ3v) is 5.27.